The SMILES string of the molecule is Cc1ccc2nc(-c3ccc(NC(=O)c4cc(-c5ccc(Cl)cc5)on4)cc3)sc2c1. The molecule has 2 aromatic heterocycles. The third kappa shape index (κ3) is 4.08. The molecule has 0 radical (unpaired) electrons. The van der Waals surface area contributed by atoms with Gasteiger partial charge in [-0.05, 0) is 73.2 Å². The number of anilines is 1. The largest absolute Gasteiger partial charge is 0.355 e. The third-order valence-electron chi connectivity index (χ3n) is 4.81. The Labute approximate surface area is 187 Å². The molecule has 0 saturated heterocycles. The van der Waals surface area contributed by atoms with Gasteiger partial charge in [0.05, 0.1) is 10.2 Å². The van der Waals surface area contributed by atoms with Crippen molar-refractivity contribution in [1.29, 1.82) is 0 Å². The van der Waals surface area contributed by atoms with E-state index in [2.05, 4.69) is 29.5 Å². The zero-order valence-electron chi connectivity index (χ0n) is 16.4. The molecule has 1 amide bonds. The summed E-state index contributed by atoms with van der Waals surface area (Å²) in [5, 5.41) is 8.30. The molecular weight excluding hydrogens is 430 g/mol. The van der Waals surface area contributed by atoms with Crippen LogP contribution in [0.15, 0.2) is 77.3 Å². The highest BCUT2D eigenvalue weighted by Crippen LogP contribution is 2.31. The van der Waals surface area contributed by atoms with Crippen molar-refractivity contribution in [3.05, 3.63) is 89.1 Å². The van der Waals surface area contributed by atoms with Gasteiger partial charge in [-0.15, -0.1) is 11.3 Å². The summed E-state index contributed by atoms with van der Waals surface area (Å²) in [7, 11) is 0. The first-order valence-electron chi connectivity index (χ1n) is 9.57. The molecule has 0 unspecified atom stereocenters. The number of fused-ring (bicyclic) bond motifs is 1. The van der Waals surface area contributed by atoms with Crippen LogP contribution < -0.4 is 5.32 Å². The maximum Gasteiger partial charge on any atom is 0.277 e. The van der Waals surface area contributed by atoms with Crippen molar-refractivity contribution < 1.29 is 9.32 Å². The van der Waals surface area contributed by atoms with Gasteiger partial charge >= 0.3 is 0 Å². The lowest BCUT2D eigenvalue weighted by Gasteiger charge is -2.03. The van der Waals surface area contributed by atoms with Gasteiger partial charge in [0, 0.05) is 27.9 Å². The van der Waals surface area contributed by atoms with Crippen LogP contribution >= 0.6 is 22.9 Å². The molecule has 152 valence electrons. The monoisotopic (exact) mass is 445 g/mol. The maximum atomic E-state index is 12.6. The fourth-order valence-electron chi connectivity index (χ4n) is 3.18. The second kappa shape index (κ2) is 7.98. The van der Waals surface area contributed by atoms with Crippen LogP contribution in [0.2, 0.25) is 5.02 Å². The minimum absolute atomic E-state index is 0.204. The highest BCUT2D eigenvalue weighted by atomic mass is 35.5. The number of benzene rings is 3. The second-order valence-corrected chi connectivity index (χ2v) is 8.57. The zero-order valence-corrected chi connectivity index (χ0v) is 18.0. The Kier molecular flexibility index (Phi) is 5.02. The minimum atomic E-state index is -0.341. The van der Waals surface area contributed by atoms with E-state index in [1.807, 2.05) is 42.5 Å². The fraction of sp³-hybridized carbons (Fsp3) is 0.0417. The first-order chi connectivity index (χ1) is 15.0. The summed E-state index contributed by atoms with van der Waals surface area (Å²) in [6, 6.07) is 22.6. The summed E-state index contributed by atoms with van der Waals surface area (Å²) in [6.45, 7) is 2.07. The van der Waals surface area contributed by atoms with E-state index < -0.39 is 0 Å². The second-order valence-electron chi connectivity index (χ2n) is 7.10. The molecule has 0 aliphatic heterocycles. The van der Waals surface area contributed by atoms with Crippen LogP contribution in [-0.4, -0.2) is 16.0 Å². The molecule has 5 rings (SSSR count). The van der Waals surface area contributed by atoms with Gasteiger partial charge in [0.2, 0.25) is 0 Å². The Bertz CT molecular complexity index is 1390. The van der Waals surface area contributed by atoms with Crippen LogP contribution in [0.25, 0.3) is 32.1 Å². The number of hydrogen-bond donors (Lipinski definition) is 1. The van der Waals surface area contributed by atoms with Crippen molar-refractivity contribution in [3.8, 4) is 21.9 Å². The topological polar surface area (TPSA) is 68.0 Å². The number of carbonyl (C=O) groups is 1. The van der Waals surface area contributed by atoms with Crippen LogP contribution in [-0.2, 0) is 0 Å². The van der Waals surface area contributed by atoms with Gasteiger partial charge in [0.25, 0.3) is 5.91 Å². The highest BCUT2D eigenvalue weighted by Gasteiger charge is 2.14. The van der Waals surface area contributed by atoms with Gasteiger partial charge in [-0.3, -0.25) is 4.79 Å². The lowest BCUT2D eigenvalue weighted by molar-refractivity contribution is 0.101. The minimum Gasteiger partial charge on any atom is -0.355 e. The van der Waals surface area contributed by atoms with Crippen LogP contribution in [0.5, 0.6) is 0 Å². The smallest absolute Gasteiger partial charge is 0.277 e. The molecular formula is C24H16ClN3O2S. The van der Waals surface area contributed by atoms with E-state index in [0.29, 0.717) is 16.5 Å². The molecule has 0 bridgehead atoms. The molecule has 2 heterocycles. The third-order valence-corrected chi connectivity index (χ3v) is 6.12. The fourth-order valence-corrected chi connectivity index (χ4v) is 4.37. The van der Waals surface area contributed by atoms with Crippen LogP contribution in [0, 0.1) is 6.92 Å². The Balaban J connectivity index is 1.31. The summed E-state index contributed by atoms with van der Waals surface area (Å²) in [4.78, 5) is 17.3. The highest BCUT2D eigenvalue weighted by molar-refractivity contribution is 7.21. The number of carbonyl (C=O) groups excluding carboxylic acids is 1. The predicted molar refractivity (Wildman–Crippen MR) is 125 cm³/mol. The molecule has 31 heavy (non-hydrogen) atoms. The van der Waals surface area contributed by atoms with Crippen LogP contribution in [0.1, 0.15) is 16.1 Å². The summed E-state index contributed by atoms with van der Waals surface area (Å²) in [6.07, 6.45) is 0. The van der Waals surface area contributed by atoms with Crippen molar-refractivity contribution in [2.45, 2.75) is 6.92 Å². The van der Waals surface area contributed by atoms with Gasteiger partial charge in [0.1, 0.15) is 5.01 Å². The molecule has 7 heteroatoms. The Hall–Kier alpha value is -3.48. The molecule has 1 N–H and O–H groups in total. The van der Waals surface area contributed by atoms with E-state index in [-0.39, 0.29) is 11.6 Å². The van der Waals surface area contributed by atoms with E-state index >= 15 is 0 Å². The molecule has 0 saturated carbocycles. The van der Waals surface area contributed by atoms with E-state index in [9.17, 15) is 4.79 Å². The van der Waals surface area contributed by atoms with E-state index in [1.165, 1.54) is 5.56 Å². The number of amides is 1. The number of nitrogens with one attached hydrogen (secondary N) is 1. The molecule has 0 spiro atoms. The van der Waals surface area contributed by atoms with E-state index in [0.717, 1.165) is 26.4 Å². The molecule has 0 atom stereocenters. The van der Waals surface area contributed by atoms with Gasteiger partial charge in [0.15, 0.2) is 11.5 Å². The van der Waals surface area contributed by atoms with E-state index in [4.69, 9.17) is 21.1 Å². The first-order valence-corrected chi connectivity index (χ1v) is 10.8. The average molecular weight is 446 g/mol. The molecule has 3 aromatic carbocycles. The van der Waals surface area contributed by atoms with Crippen molar-refractivity contribution in [2.75, 3.05) is 5.32 Å². The quantitative estimate of drug-likeness (QED) is 0.329. The number of nitrogens with zero attached hydrogens (tertiary/aromatic N) is 2. The summed E-state index contributed by atoms with van der Waals surface area (Å²) in [5.41, 5.74) is 4.88. The Morgan fingerprint density at radius 3 is 2.48 bits per heavy atom. The zero-order chi connectivity index (χ0) is 21.4. The molecule has 5 nitrogen and oxygen atoms in total. The normalized spacial score (nSPS) is 11.0. The van der Waals surface area contributed by atoms with Crippen molar-refractivity contribution in [2.24, 2.45) is 0 Å². The maximum absolute atomic E-state index is 12.6. The number of rotatable bonds is 4. The summed E-state index contributed by atoms with van der Waals surface area (Å²) < 4.78 is 6.46. The first kappa shape index (κ1) is 19.5. The van der Waals surface area contributed by atoms with Crippen LogP contribution in [0.3, 0.4) is 0 Å². The number of thiazole rings is 1. The molecule has 0 aliphatic rings. The van der Waals surface area contributed by atoms with Crippen molar-refractivity contribution in [1.82, 2.24) is 10.1 Å². The Morgan fingerprint density at radius 1 is 0.968 bits per heavy atom. The van der Waals surface area contributed by atoms with E-state index in [1.54, 1.807) is 29.5 Å². The molecule has 5 aromatic rings. The summed E-state index contributed by atoms with van der Waals surface area (Å²) in [5.74, 6) is 0.162. The number of hydrogen-bond acceptors (Lipinski definition) is 5. The number of aryl methyl sites for hydroxylation is 1. The van der Waals surface area contributed by atoms with Crippen molar-refractivity contribution >= 4 is 44.7 Å². The van der Waals surface area contributed by atoms with Crippen molar-refractivity contribution in [3.63, 3.8) is 0 Å². The predicted octanol–water partition coefficient (Wildman–Crippen LogP) is 6.83. The number of halogens is 1. The Morgan fingerprint density at radius 2 is 1.71 bits per heavy atom. The van der Waals surface area contributed by atoms with Gasteiger partial charge in [-0.25, -0.2) is 4.98 Å². The van der Waals surface area contributed by atoms with Gasteiger partial charge < -0.3 is 9.84 Å². The lowest BCUT2D eigenvalue weighted by atomic mass is 10.1. The lowest BCUT2D eigenvalue weighted by Crippen LogP contribution is -2.11. The summed E-state index contributed by atoms with van der Waals surface area (Å²) >= 11 is 7.56. The van der Waals surface area contributed by atoms with Gasteiger partial charge in [-0.2, -0.15) is 0 Å². The molecule has 0 fully saturated rings. The van der Waals surface area contributed by atoms with Gasteiger partial charge in [-0.1, -0.05) is 22.8 Å². The number of aromatic nitrogens is 2. The van der Waals surface area contributed by atoms with Crippen LogP contribution in [0.4, 0.5) is 5.69 Å². The average Bonchev–Trinajstić information content (AvgIpc) is 3.42. The molecule has 0 aliphatic carbocycles. The standard InChI is InChI=1S/C24H16ClN3O2S/c1-14-2-11-19-22(12-14)31-24(27-19)16-5-9-18(10-6-16)26-23(29)20-13-21(30-28-20)15-3-7-17(25)8-4-15/h2-13H,1H3,(H,26,29).